The average molecular weight is 551 g/mol. The first-order chi connectivity index (χ1) is 19.2. The Labute approximate surface area is 229 Å². The van der Waals surface area contributed by atoms with Crippen LogP contribution in [0.25, 0.3) is 0 Å². The molecule has 1 fully saturated rings. The van der Waals surface area contributed by atoms with Gasteiger partial charge in [-0.25, -0.2) is 9.59 Å². The Bertz CT molecular complexity index is 1330. The lowest BCUT2D eigenvalue weighted by molar-refractivity contribution is -0.137. The number of urea groups is 1. The van der Waals surface area contributed by atoms with Gasteiger partial charge < -0.3 is 26.0 Å². The molecule has 4 rings (SSSR count). The van der Waals surface area contributed by atoms with E-state index in [0.717, 1.165) is 0 Å². The fraction of sp³-hybridized carbons (Fsp3) is 0.333. The molecule has 13 nitrogen and oxygen atoms in total. The number of rotatable bonds is 10. The number of unbranched alkanes of at least 4 members (excludes halogenated alkanes) is 1. The number of carbonyl (C=O) groups is 6. The quantitative estimate of drug-likeness (QED) is 0.221. The van der Waals surface area contributed by atoms with Gasteiger partial charge in [-0.05, 0) is 49.1 Å². The van der Waals surface area contributed by atoms with Crippen molar-refractivity contribution in [3.05, 3.63) is 59.2 Å². The van der Waals surface area contributed by atoms with Gasteiger partial charge in [-0.3, -0.25) is 29.8 Å². The molecule has 13 heteroatoms. The molecule has 1 unspecified atom stereocenters. The standard InChI is InChI=1S/C27H30N6O7/c28-26(38)29-13-2-1-6-22(34)30-17-9-7-16(8-10-17)15-40-27(39)31-20-5-3-4-18-19(20)14-33(25(18)37)21-11-12-23(35)32-24(21)36/h3-5,7-10,21H,1-2,6,11-15H2,(H,30,34)(H,31,39)(H3,28,29,38)(H,32,35,36). The lowest BCUT2D eigenvalue weighted by atomic mass is 10.0. The van der Waals surface area contributed by atoms with Gasteiger partial charge in [0.25, 0.3) is 5.91 Å². The van der Waals surface area contributed by atoms with Gasteiger partial charge in [0.1, 0.15) is 12.6 Å². The van der Waals surface area contributed by atoms with Crippen molar-refractivity contribution < 1.29 is 33.5 Å². The highest BCUT2D eigenvalue weighted by Crippen LogP contribution is 2.32. The third-order valence-corrected chi connectivity index (χ3v) is 6.56. The van der Waals surface area contributed by atoms with Gasteiger partial charge in [0, 0.05) is 48.4 Å². The molecular formula is C27H30N6O7. The van der Waals surface area contributed by atoms with Gasteiger partial charge in [0.2, 0.25) is 17.7 Å². The molecular weight excluding hydrogens is 520 g/mol. The van der Waals surface area contributed by atoms with Crippen LogP contribution in [0.5, 0.6) is 0 Å². The second-order valence-corrected chi connectivity index (χ2v) is 9.43. The molecule has 2 aliphatic rings. The lowest BCUT2D eigenvalue weighted by Crippen LogP contribution is -2.52. The van der Waals surface area contributed by atoms with E-state index in [1.54, 1.807) is 42.5 Å². The van der Waals surface area contributed by atoms with E-state index in [-0.39, 0.29) is 43.7 Å². The Morgan fingerprint density at radius 3 is 2.52 bits per heavy atom. The second kappa shape index (κ2) is 12.7. The average Bonchev–Trinajstić information content (AvgIpc) is 3.25. The number of hydrogen-bond acceptors (Lipinski definition) is 7. The molecule has 7 amide bonds. The van der Waals surface area contributed by atoms with Crippen molar-refractivity contribution in [2.24, 2.45) is 5.73 Å². The maximum Gasteiger partial charge on any atom is 0.411 e. The van der Waals surface area contributed by atoms with E-state index in [1.807, 2.05) is 0 Å². The summed E-state index contributed by atoms with van der Waals surface area (Å²) in [6, 6.07) is 10.4. The maximum atomic E-state index is 12.9. The molecule has 6 N–H and O–H groups in total. The number of benzene rings is 2. The van der Waals surface area contributed by atoms with Crippen molar-refractivity contribution in [3.8, 4) is 0 Å². The molecule has 1 atom stereocenters. The SMILES string of the molecule is NC(=O)NCCCCC(=O)Nc1ccc(COC(=O)Nc2cccc3c2CN(C2CCC(=O)NC2=O)C3=O)cc1. The summed E-state index contributed by atoms with van der Waals surface area (Å²) >= 11 is 0. The molecule has 0 aromatic heterocycles. The number of nitrogens with zero attached hydrogens (tertiary/aromatic N) is 1. The number of ether oxygens (including phenoxy) is 1. The molecule has 0 spiro atoms. The van der Waals surface area contributed by atoms with E-state index in [2.05, 4.69) is 21.3 Å². The molecule has 1 saturated heterocycles. The zero-order valence-corrected chi connectivity index (χ0v) is 21.7. The van der Waals surface area contributed by atoms with Crippen LogP contribution < -0.4 is 27.0 Å². The summed E-state index contributed by atoms with van der Waals surface area (Å²) < 4.78 is 5.33. The normalized spacial score (nSPS) is 16.1. The summed E-state index contributed by atoms with van der Waals surface area (Å²) in [4.78, 5) is 73.3. The van der Waals surface area contributed by atoms with E-state index < -0.39 is 24.1 Å². The van der Waals surface area contributed by atoms with Crippen molar-refractivity contribution in [1.82, 2.24) is 15.5 Å². The number of fused-ring (bicyclic) bond motifs is 1. The fourth-order valence-corrected chi connectivity index (χ4v) is 4.53. The summed E-state index contributed by atoms with van der Waals surface area (Å²) in [7, 11) is 0. The van der Waals surface area contributed by atoms with E-state index in [4.69, 9.17) is 10.5 Å². The smallest absolute Gasteiger partial charge is 0.411 e. The number of amides is 7. The van der Waals surface area contributed by atoms with Crippen LogP contribution >= 0.6 is 0 Å². The molecule has 0 bridgehead atoms. The minimum atomic E-state index is -0.754. The summed E-state index contributed by atoms with van der Waals surface area (Å²) in [5, 5.41) is 10.2. The first kappa shape index (κ1) is 28.1. The van der Waals surface area contributed by atoms with E-state index in [9.17, 15) is 28.8 Å². The van der Waals surface area contributed by atoms with Crippen molar-refractivity contribution >= 4 is 47.1 Å². The van der Waals surface area contributed by atoms with Gasteiger partial charge >= 0.3 is 12.1 Å². The van der Waals surface area contributed by atoms with Crippen LogP contribution in [-0.2, 0) is 32.3 Å². The Morgan fingerprint density at radius 2 is 1.80 bits per heavy atom. The number of carbonyl (C=O) groups excluding carboxylic acids is 6. The Balaban J connectivity index is 1.25. The van der Waals surface area contributed by atoms with Crippen molar-refractivity contribution in [2.45, 2.75) is 51.3 Å². The van der Waals surface area contributed by atoms with Crippen LogP contribution in [0.15, 0.2) is 42.5 Å². The highest BCUT2D eigenvalue weighted by atomic mass is 16.5. The Hall–Kier alpha value is -4.94. The van der Waals surface area contributed by atoms with Crippen LogP contribution in [0, 0.1) is 0 Å². The molecule has 2 aromatic carbocycles. The number of hydrogen-bond donors (Lipinski definition) is 5. The zero-order valence-electron chi connectivity index (χ0n) is 21.7. The molecule has 210 valence electrons. The second-order valence-electron chi connectivity index (χ2n) is 9.43. The predicted octanol–water partition coefficient (Wildman–Crippen LogP) is 1.97. The summed E-state index contributed by atoms with van der Waals surface area (Å²) in [6.45, 7) is 0.508. The number of primary amides is 1. The van der Waals surface area contributed by atoms with Gasteiger partial charge in [-0.15, -0.1) is 0 Å². The van der Waals surface area contributed by atoms with Crippen LogP contribution in [0.4, 0.5) is 21.0 Å². The molecule has 40 heavy (non-hydrogen) atoms. The van der Waals surface area contributed by atoms with Gasteiger partial charge in [-0.2, -0.15) is 0 Å². The number of imide groups is 1. The topological polar surface area (TPSA) is 189 Å². The van der Waals surface area contributed by atoms with Crippen molar-refractivity contribution in [2.75, 3.05) is 17.2 Å². The van der Waals surface area contributed by atoms with Crippen molar-refractivity contribution in [3.63, 3.8) is 0 Å². The van der Waals surface area contributed by atoms with Crippen LogP contribution in [0.1, 0.15) is 53.6 Å². The number of anilines is 2. The first-order valence-electron chi connectivity index (χ1n) is 12.8. The maximum absolute atomic E-state index is 12.9. The van der Waals surface area contributed by atoms with E-state index >= 15 is 0 Å². The largest absolute Gasteiger partial charge is 0.444 e. The Morgan fingerprint density at radius 1 is 1.02 bits per heavy atom. The summed E-state index contributed by atoms with van der Waals surface area (Å²) in [6.07, 6.45) is 1.21. The number of nitrogens with two attached hydrogens (primary N) is 1. The first-order valence-corrected chi connectivity index (χ1v) is 12.8. The minimum Gasteiger partial charge on any atom is -0.444 e. The molecule has 2 aromatic rings. The van der Waals surface area contributed by atoms with Crippen molar-refractivity contribution in [1.29, 1.82) is 0 Å². The van der Waals surface area contributed by atoms with E-state index in [0.29, 0.717) is 53.9 Å². The number of nitrogens with one attached hydrogen (secondary N) is 4. The highest BCUT2D eigenvalue weighted by molar-refractivity contribution is 6.06. The molecule has 0 radical (unpaired) electrons. The monoisotopic (exact) mass is 550 g/mol. The van der Waals surface area contributed by atoms with E-state index in [1.165, 1.54) is 4.90 Å². The molecule has 2 heterocycles. The third-order valence-electron chi connectivity index (χ3n) is 6.56. The lowest BCUT2D eigenvalue weighted by Gasteiger charge is -2.29. The fourth-order valence-electron chi connectivity index (χ4n) is 4.53. The zero-order chi connectivity index (χ0) is 28.6. The van der Waals surface area contributed by atoms with Gasteiger partial charge in [-0.1, -0.05) is 18.2 Å². The highest BCUT2D eigenvalue weighted by Gasteiger charge is 2.40. The minimum absolute atomic E-state index is 0.0245. The molecule has 0 saturated carbocycles. The van der Waals surface area contributed by atoms with Gasteiger partial charge in [0.05, 0.1) is 0 Å². The third kappa shape index (κ3) is 7.12. The molecule has 2 aliphatic heterocycles. The van der Waals surface area contributed by atoms with Crippen LogP contribution in [0.2, 0.25) is 0 Å². The number of piperidine rings is 1. The summed E-state index contributed by atoms with van der Waals surface area (Å²) in [5.41, 5.74) is 7.62. The van der Waals surface area contributed by atoms with Crippen LogP contribution in [0.3, 0.4) is 0 Å². The van der Waals surface area contributed by atoms with Crippen LogP contribution in [-0.4, -0.2) is 53.2 Å². The summed E-state index contributed by atoms with van der Waals surface area (Å²) in [5.74, 6) is -1.37. The van der Waals surface area contributed by atoms with Gasteiger partial charge in [0.15, 0.2) is 0 Å². The predicted molar refractivity (Wildman–Crippen MR) is 143 cm³/mol. The molecule has 0 aliphatic carbocycles. The Kier molecular flexibility index (Phi) is 8.94.